The molecule has 0 aromatic carbocycles. The van der Waals surface area contributed by atoms with Crippen molar-refractivity contribution in [1.82, 2.24) is 4.72 Å². The van der Waals surface area contributed by atoms with Crippen LogP contribution < -0.4 is 4.72 Å². The maximum atomic E-state index is 11.9. The van der Waals surface area contributed by atoms with Crippen LogP contribution in [0.1, 0.15) is 33.1 Å². The summed E-state index contributed by atoms with van der Waals surface area (Å²) in [6.45, 7) is 5.01. The third-order valence-corrected chi connectivity index (χ3v) is 4.56. The van der Waals surface area contributed by atoms with Gasteiger partial charge < -0.3 is 9.84 Å². The summed E-state index contributed by atoms with van der Waals surface area (Å²) in [5.74, 6) is -0.776. The van der Waals surface area contributed by atoms with Crippen molar-refractivity contribution in [2.75, 3.05) is 19.0 Å². The van der Waals surface area contributed by atoms with Crippen LogP contribution in [0.3, 0.4) is 0 Å². The molecule has 0 aliphatic carbocycles. The minimum atomic E-state index is -3.55. The summed E-state index contributed by atoms with van der Waals surface area (Å²) in [6, 6.07) is -1.04. The first kappa shape index (κ1) is 16.4. The standard InChI is InChI=1S/C12H23NO5S/c1-9(2)7-11(12(14)15)13-19(16,17)6-4-10-3-5-18-8-10/h9-11,13H,3-8H2,1-2H3,(H,14,15)/t10?,11-/m0/s1. The van der Waals surface area contributed by atoms with E-state index < -0.39 is 22.0 Å². The summed E-state index contributed by atoms with van der Waals surface area (Å²) in [5, 5.41) is 9.02. The Labute approximate surface area is 114 Å². The summed E-state index contributed by atoms with van der Waals surface area (Å²) < 4.78 is 31.2. The van der Waals surface area contributed by atoms with Crippen LogP contribution >= 0.6 is 0 Å². The van der Waals surface area contributed by atoms with Crippen molar-refractivity contribution in [2.45, 2.75) is 39.2 Å². The molecule has 0 bridgehead atoms. The molecular formula is C12H23NO5S. The number of hydrogen-bond donors (Lipinski definition) is 2. The highest BCUT2D eigenvalue weighted by atomic mass is 32.2. The van der Waals surface area contributed by atoms with E-state index in [0.29, 0.717) is 26.1 Å². The van der Waals surface area contributed by atoms with E-state index in [1.807, 2.05) is 13.8 Å². The molecule has 7 heteroatoms. The summed E-state index contributed by atoms with van der Waals surface area (Å²) in [6.07, 6.45) is 1.69. The molecule has 1 aliphatic rings. The molecule has 0 amide bonds. The molecule has 1 unspecified atom stereocenters. The Hall–Kier alpha value is -0.660. The van der Waals surface area contributed by atoms with Crippen molar-refractivity contribution in [2.24, 2.45) is 11.8 Å². The molecular weight excluding hydrogens is 270 g/mol. The molecule has 1 saturated heterocycles. The van der Waals surface area contributed by atoms with Crippen LogP contribution in [0.4, 0.5) is 0 Å². The number of sulfonamides is 1. The topological polar surface area (TPSA) is 92.7 Å². The summed E-state index contributed by atoms with van der Waals surface area (Å²) in [5.41, 5.74) is 0. The molecule has 1 rings (SSSR count). The number of ether oxygens (including phenoxy) is 1. The van der Waals surface area contributed by atoms with Gasteiger partial charge >= 0.3 is 5.97 Å². The summed E-state index contributed by atoms with van der Waals surface area (Å²) >= 11 is 0. The fourth-order valence-electron chi connectivity index (χ4n) is 2.08. The van der Waals surface area contributed by atoms with Gasteiger partial charge in [-0.25, -0.2) is 13.1 Å². The maximum Gasteiger partial charge on any atom is 0.321 e. The van der Waals surface area contributed by atoms with E-state index in [4.69, 9.17) is 9.84 Å². The van der Waals surface area contributed by atoms with Gasteiger partial charge in [0.05, 0.1) is 5.75 Å². The van der Waals surface area contributed by atoms with Crippen molar-refractivity contribution in [3.63, 3.8) is 0 Å². The van der Waals surface area contributed by atoms with Crippen molar-refractivity contribution in [3.8, 4) is 0 Å². The average molecular weight is 293 g/mol. The zero-order valence-electron chi connectivity index (χ0n) is 11.5. The van der Waals surface area contributed by atoms with Crippen LogP contribution in [-0.2, 0) is 19.6 Å². The van der Waals surface area contributed by atoms with Crippen LogP contribution in [-0.4, -0.2) is 44.5 Å². The third kappa shape index (κ3) is 6.35. The first-order valence-electron chi connectivity index (χ1n) is 6.60. The second-order valence-corrected chi connectivity index (χ2v) is 7.35. The first-order valence-corrected chi connectivity index (χ1v) is 8.26. The van der Waals surface area contributed by atoms with Gasteiger partial charge in [0.15, 0.2) is 0 Å². The van der Waals surface area contributed by atoms with E-state index in [1.165, 1.54) is 0 Å². The Morgan fingerprint density at radius 1 is 1.47 bits per heavy atom. The number of aliphatic carboxylic acids is 1. The molecule has 0 saturated carbocycles. The molecule has 2 atom stereocenters. The van der Waals surface area contributed by atoms with Gasteiger partial charge in [-0.3, -0.25) is 4.79 Å². The van der Waals surface area contributed by atoms with Crippen LogP contribution in [0, 0.1) is 11.8 Å². The predicted octanol–water partition coefficient (Wildman–Crippen LogP) is 0.832. The van der Waals surface area contributed by atoms with E-state index in [-0.39, 0.29) is 17.6 Å². The fourth-order valence-corrected chi connectivity index (χ4v) is 3.47. The molecule has 0 spiro atoms. The van der Waals surface area contributed by atoms with Gasteiger partial charge in [-0.1, -0.05) is 13.8 Å². The highest BCUT2D eigenvalue weighted by molar-refractivity contribution is 7.89. The molecule has 1 aliphatic heterocycles. The quantitative estimate of drug-likeness (QED) is 0.691. The minimum absolute atomic E-state index is 0.0388. The molecule has 1 heterocycles. The molecule has 19 heavy (non-hydrogen) atoms. The largest absolute Gasteiger partial charge is 0.480 e. The zero-order chi connectivity index (χ0) is 14.5. The van der Waals surface area contributed by atoms with Gasteiger partial charge in [0.1, 0.15) is 6.04 Å². The van der Waals surface area contributed by atoms with Crippen LogP contribution in [0.5, 0.6) is 0 Å². The Morgan fingerprint density at radius 3 is 2.63 bits per heavy atom. The van der Waals surface area contributed by atoms with E-state index in [9.17, 15) is 13.2 Å². The fraction of sp³-hybridized carbons (Fsp3) is 0.917. The number of nitrogens with one attached hydrogen (secondary N) is 1. The highest BCUT2D eigenvalue weighted by Crippen LogP contribution is 2.17. The monoisotopic (exact) mass is 293 g/mol. The molecule has 112 valence electrons. The maximum absolute atomic E-state index is 11.9. The molecule has 0 aromatic rings. The lowest BCUT2D eigenvalue weighted by Crippen LogP contribution is -2.42. The van der Waals surface area contributed by atoms with Gasteiger partial charge in [0, 0.05) is 13.2 Å². The minimum Gasteiger partial charge on any atom is -0.480 e. The Kier molecular flexibility index (Phi) is 6.22. The van der Waals surface area contributed by atoms with Crippen molar-refractivity contribution < 1.29 is 23.1 Å². The molecule has 0 aromatic heterocycles. The molecule has 1 fully saturated rings. The van der Waals surface area contributed by atoms with E-state index in [0.717, 1.165) is 6.42 Å². The Bertz CT molecular complexity index is 387. The van der Waals surface area contributed by atoms with Crippen molar-refractivity contribution in [3.05, 3.63) is 0 Å². The van der Waals surface area contributed by atoms with Crippen molar-refractivity contribution >= 4 is 16.0 Å². The van der Waals surface area contributed by atoms with Gasteiger partial charge in [-0.15, -0.1) is 0 Å². The number of carboxylic acid groups (broad SMARTS) is 1. The average Bonchev–Trinajstić information content (AvgIpc) is 2.77. The second kappa shape index (κ2) is 7.21. The van der Waals surface area contributed by atoms with Gasteiger partial charge in [0.2, 0.25) is 10.0 Å². The lowest BCUT2D eigenvalue weighted by atomic mass is 10.1. The predicted molar refractivity (Wildman–Crippen MR) is 71.3 cm³/mol. The normalized spacial score (nSPS) is 21.7. The Morgan fingerprint density at radius 2 is 2.16 bits per heavy atom. The number of rotatable bonds is 8. The number of carboxylic acids is 1. The van der Waals surface area contributed by atoms with Gasteiger partial charge in [-0.05, 0) is 31.1 Å². The lowest BCUT2D eigenvalue weighted by molar-refractivity contribution is -0.139. The first-order chi connectivity index (χ1) is 8.80. The number of carbonyl (C=O) groups is 1. The smallest absolute Gasteiger partial charge is 0.321 e. The van der Waals surface area contributed by atoms with Crippen LogP contribution in [0.2, 0.25) is 0 Å². The Balaban J connectivity index is 2.48. The van der Waals surface area contributed by atoms with E-state index >= 15 is 0 Å². The van der Waals surface area contributed by atoms with Gasteiger partial charge in [0.25, 0.3) is 0 Å². The lowest BCUT2D eigenvalue weighted by Gasteiger charge is -2.17. The molecule has 2 N–H and O–H groups in total. The highest BCUT2D eigenvalue weighted by Gasteiger charge is 2.26. The van der Waals surface area contributed by atoms with E-state index in [2.05, 4.69) is 4.72 Å². The summed E-state index contributed by atoms with van der Waals surface area (Å²) in [4.78, 5) is 11.0. The van der Waals surface area contributed by atoms with Crippen molar-refractivity contribution in [1.29, 1.82) is 0 Å². The van der Waals surface area contributed by atoms with Crippen LogP contribution in [0.15, 0.2) is 0 Å². The van der Waals surface area contributed by atoms with Crippen LogP contribution in [0.25, 0.3) is 0 Å². The van der Waals surface area contributed by atoms with Gasteiger partial charge in [-0.2, -0.15) is 0 Å². The molecule has 6 nitrogen and oxygen atoms in total. The SMILES string of the molecule is CC(C)C[C@H](NS(=O)(=O)CCC1CCOC1)C(=O)O. The number of hydrogen-bond acceptors (Lipinski definition) is 4. The van der Waals surface area contributed by atoms with E-state index in [1.54, 1.807) is 0 Å². The summed E-state index contributed by atoms with van der Waals surface area (Å²) in [7, 11) is -3.55. The molecule has 0 radical (unpaired) electrons. The zero-order valence-corrected chi connectivity index (χ0v) is 12.3. The third-order valence-electron chi connectivity index (χ3n) is 3.15. The second-order valence-electron chi connectivity index (χ2n) is 5.48.